The number of hydrogen-bond donors (Lipinski definition) is 3. The molecule has 3 aromatic rings. The smallest absolute Gasteiger partial charge is 0.257 e. The molecule has 3 N–H and O–H groups in total. The molecule has 2 amide bonds. The van der Waals surface area contributed by atoms with Crippen LogP contribution in [0, 0.1) is 38.5 Å². The van der Waals surface area contributed by atoms with Crippen LogP contribution in [0.3, 0.4) is 0 Å². The molecule has 0 unspecified atom stereocenters. The predicted octanol–water partition coefficient (Wildman–Crippen LogP) is 3.56. The summed E-state index contributed by atoms with van der Waals surface area (Å²) in [6.07, 6.45) is 7.38. The van der Waals surface area contributed by atoms with Crippen LogP contribution in [0.25, 0.3) is 11.3 Å². The van der Waals surface area contributed by atoms with Crippen LogP contribution in [0.5, 0.6) is 0 Å². The summed E-state index contributed by atoms with van der Waals surface area (Å²) in [7, 11) is 0. The lowest BCUT2D eigenvalue weighted by Gasteiger charge is -2.27. The highest BCUT2D eigenvalue weighted by atomic mass is 16.5. The Bertz CT molecular complexity index is 1140. The number of aromatic amines is 1. The molecular formula is C24H28N6O3. The zero-order valence-corrected chi connectivity index (χ0v) is 19.0. The second-order valence-electron chi connectivity index (χ2n) is 9.25. The number of carbonyl (C=O) groups is 2. The summed E-state index contributed by atoms with van der Waals surface area (Å²) in [6.45, 7) is 5.59. The van der Waals surface area contributed by atoms with Crippen molar-refractivity contribution in [3.63, 3.8) is 0 Å². The van der Waals surface area contributed by atoms with Gasteiger partial charge < -0.3 is 15.2 Å². The number of anilines is 1. The Labute approximate surface area is 191 Å². The second-order valence-corrected chi connectivity index (χ2v) is 9.25. The number of pyridine rings is 1. The van der Waals surface area contributed by atoms with E-state index in [0.29, 0.717) is 28.8 Å². The van der Waals surface area contributed by atoms with E-state index in [-0.39, 0.29) is 17.7 Å². The minimum Gasteiger partial charge on any atom is -0.364 e. The van der Waals surface area contributed by atoms with E-state index in [1.54, 1.807) is 13.1 Å². The van der Waals surface area contributed by atoms with Crippen molar-refractivity contribution >= 4 is 17.5 Å². The molecule has 2 saturated carbocycles. The first kappa shape index (κ1) is 21.4. The van der Waals surface area contributed by atoms with Gasteiger partial charge in [-0.3, -0.25) is 19.7 Å². The molecule has 1 atom stereocenters. The predicted molar refractivity (Wildman–Crippen MR) is 121 cm³/mol. The van der Waals surface area contributed by atoms with Crippen LogP contribution in [-0.4, -0.2) is 38.2 Å². The lowest BCUT2D eigenvalue weighted by molar-refractivity contribution is -0.119. The Balaban J connectivity index is 1.35. The largest absolute Gasteiger partial charge is 0.364 e. The Morgan fingerprint density at radius 3 is 2.33 bits per heavy atom. The Kier molecular flexibility index (Phi) is 5.47. The maximum atomic E-state index is 13.4. The van der Waals surface area contributed by atoms with Crippen LogP contribution in [0.4, 0.5) is 5.69 Å². The topological polar surface area (TPSA) is 126 Å². The van der Waals surface area contributed by atoms with Crippen LogP contribution in [-0.2, 0) is 4.79 Å². The minimum absolute atomic E-state index is 0.137. The van der Waals surface area contributed by atoms with Crippen LogP contribution in [0.15, 0.2) is 29.1 Å². The lowest BCUT2D eigenvalue weighted by atomic mass is 9.88. The van der Waals surface area contributed by atoms with E-state index in [9.17, 15) is 9.59 Å². The summed E-state index contributed by atoms with van der Waals surface area (Å²) in [5.74, 6) is 0.540. The van der Waals surface area contributed by atoms with E-state index >= 15 is 0 Å². The molecule has 172 valence electrons. The van der Waals surface area contributed by atoms with Crippen molar-refractivity contribution < 1.29 is 14.1 Å². The Morgan fingerprint density at radius 1 is 1.09 bits per heavy atom. The van der Waals surface area contributed by atoms with Crippen molar-refractivity contribution in [2.75, 3.05) is 5.32 Å². The number of carbonyl (C=O) groups excluding carboxylic acids is 2. The molecule has 0 saturated heterocycles. The lowest BCUT2D eigenvalue weighted by Crippen LogP contribution is -2.50. The van der Waals surface area contributed by atoms with Crippen molar-refractivity contribution in [1.29, 1.82) is 0 Å². The van der Waals surface area contributed by atoms with Gasteiger partial charge in [0.2, 0.25) is 5.91 Å². The SMILES string of the molecule is Cc1nocc1C(=O)N[C@H](C(=O)Nc1ccc(-c2c(C)n[nH]c2C)nc1)C(C1CC1)C1CC1. The molecule has 0 aromatic carbocycles. The molecule has 33 heavy (non-hydrogen) atoms. The zero-order valence-electron chi connectivity index (χ0n) is 19.0. The molecule has 0 radical (unpaired) electrons. The molecule has 0 spiro atoms. The van der Waals surface area contributed by atoms with Crippen LogP contribution in [0.1, 0.15) is 53.1 Å². The molecule has 2 aliphatic carbocycles. The quantitative estimate of drug-likeness (QED) is 0.484. The highest BCUT2D eigenvalue weighted by Crippen LogP contribution is 2.51. The fourth-order valence-electron chi connectivity index (χ4n) is 4.72. The van der Waals surface area contributed by atoms with Crippen LogP contribution in [0.2, 0.25) is 0 Å². The Hall–Kier alpha value is -3.49. The fourth-order valence-corrected chi connectivity index (χ4v) is 4.72. The summed E-state index contributed by atoms with van der Waals surface area (Å²) < 4.78 is 4.92. The third-order valence-corrected chi connectivity index (χ3v) is 6.70. The van der Waals surface area contributed by atoms with E-state index < -0.39 is 6.04 Å². The first-order valence-electron chi connectivity index (χ1n) is 11.4. The van der Waals surface area contributed by atoms with Gasteiger partial charge in [0.1, 0.15) is 17.9 Å². The first-order chi connectivity index (χ1) is 15.9. The van der Waals surface area contributed by atoms with E-state index in [2.05, 4.69) is 31.0 Å². The van der Waals surface area contributed by atoms with E-state index in [1.165, 1.54) is 6.26 Å². The number of hydrogen-bond acceptors (Lipinski definition) is 6. The molecule has 0 bridgehead atoms. The molecule has 9 heteroatoms. The molecule has 3 heterocycles. The van der Waals surface area contributed by atoms with Crippen molar-refractivity contribution in [1.82, 2.24) is 25.7 Å². The molecule has 2 aliphatic rings. The van der Waals surface area contributed by atoms with Gasteiger partial charge in [-0.25, -0.2) is 0 Å². The second kappa shape index (κ2) is 8.46. The van der Waals surface area contributed by atoms with Crippen molar-refractivity contribution in [3.05, 3.63) is 47.2 Å². The van der Waals surface area contributed by atoms with Gasteiger partial charge in [0.15, 0.2) is 0 Å². The third-order valence-electron chi connectivity index (χ3n) is 6.70. The average Bonchev–Trinajstić information content (AvgIpc) is 3.72. The van der Waals surface area contributed by atoms with Crippen molar-refractivity contribution in [2.24, 2.45) is 17.8 Å². The van der Waals surface area contributed by atoms with Gasteiger partial charge in [-0.15, -0.1) is 0 Å². The average molecular weight is 449 g/mol. The van der Waals surface area contributed by atoms with Gasteiger partial charge in [0.05, 0.1) is 29.0 Å². The van der Waals surface area contributed by atoms with Gasteiger partial charge in [-0.05, 0) is 76.3 Å². The number of aromatic nitrogens is 4. The maximum Gasteiger partial charge on any atom is 0.257 e. The summed E-state index contributed by atoms with van der Waals surface area (Å²) in [4.78, 5) is 30.9. The highest BCUT2D eigenvalue weighted by Gasteiger charge is 2.48. The third kappa shape index (κ3) is 4.40. The summed E-state index contributed by atoms with van der Waals surface area (Å²) in [5, 5.41) is 16.9. The van der Waals surface area contributed by atoms with Gasteiger partial charge in [0.25, 0.3) is 5.91 Å². The maximum absolute atomic E-state index is 13.4. The molecule has 5 rings (SSSR count). The van der Waals surface area contributed by atoms with Crippen molar-refractivity contribution in [3.8, 4) is 11.3 Å². The summed E-state index contributed by atoms with van der Waals surface area (Å²) in [6, 6.07) is 3.08. The number of aryl methyl sites for hydroxylation is 3. The normalized spacial score (nSPS) is 16.6. The van der Waals surface area contributed by atoms with Crippen molar-refractivity contribution in [2.45, 2.75) is 52.5 Å². The zero-order chi connectivity index (χ0) is 23.1. The molecule has 9 nitrogen and oxygen atoms in total. The minimum atomic E-state index is -0.621. The molecule has 3 aromatic heterocycles. The summed E-state index contributed by atoms with van der Waals surface area (Å²) in [5.41, 5.74) is 5.03. The number of H-pyrrole nitrogens is 1. The van der Waals surface area contributed by atoms with Gasteiger partial charge in [0, 0.05) is 11.3 Å². The van der Waals surface area contributed by atoms with Crippen LogP contribution >= 0.6 is 0 Å². The van der Waals surface area contributed by atoms with E-state index in [1.807, 2.05) is 26.0 Å². The summed E-state index contributed by atoms with van der Waals surface area (Å²) >= 11 is 0. The van der Waals surface area contributed by atoms with Crippen LogP contribution < -0.4 is 10.6 Å². The number of nitrogens with zero attached hydrogens (tertiary/aromatic N) is 3. The Morgan fingerprint density at radius 2 is 1.82 bits per heavy atom. The fraction of sp³-hybridized carbons (Fsp3) is 0.458. The van der Waals surface area contributed by atoms with E-state index in [0.717, 1.165) is 48.3 Å². The van der Waals surface area contributed by atoms with Gasteiger partial charge >= 0.3 is 0 Å². The number of rotatable bonds is 8. The monoisotopic (exact) mass is 448 g/mol. The molecule has 2 fully saturated rings. The first-order valence-corrected chi connectivity index (χ1v) is 11.4. The number of amides is 2. The molecular weight excluding hydrogens is 420 g/mol. The number of nitrogens with one attached hydrogen (secondary N) is 3. The standard InChI is InChI=1S/C24H28N6O3/c1-12-18(11-33-30-12)23(31)27-22(21(15-4-5-15)16-6-7-16)24(32)26-17-8-9-19(25-10-17)20-13(2)28-29-14(20)3/h8-11,15-16,21-22H,4-7H2,1-3H3,(H,26,32)(H,27,31)(H,28,29)/t22-/m0/s1. The van der Waals surface area contributed by atoms with Gasteiger partial charge in [-0.1, -0.05) is 5.16 Å². The molecule has 0 aliphatic heterocycles. The van der Waals surface area contributed by atoms with Gasteiger partial charge in [-0.2, -0.15) is 5.10 Å². The highest BCUT2D eigenvalue weighted by molar-refractivity contribution is 6.01. The van der Waals surface area contributed by atoms with E-state index in [4.69, 9.17) is 4.52 Å².